The van der Waals surface area contributed by atoms with Gasteiger partial charge in [0, 0.05) is 48.3 Å². The van der Waals surface area contributed by atoms with Crippen LogP contribution in [0.4, 0.5) is 10.1 Å². The first-order valence-corrected chi connectivity index (χ1v) is 10.7. The van der Waals surface area contributed by atoms with E-state index in [1.54, 1.807) is 36.8 Å². The zero-order valence-electron chi connectivity index (χ0n) is 17.9. The first kappa shape index (κ1) is 22.1. The molecular formula is C26H23FN4O2. The third-order valence-electron chi connectivity index (χ3n) is 5.15. The van der Waals surface area contributed by atoms with E-state index < -0.39 is 11.7 Å². The lowest BCUT2D eigenvalue weighted by Gasteiger charge is -2.05. The third kappa shape index (κ3) is 6.20. The van der Waals surface area contributed by atoms with Gasteiger partial charge in [0.1, 0.15) is 5.82 Å². The van der Waals surface area contributed by atoms with Gasteiger partial charge in [-0.3, -0.25) is 19.6 Å². The van der Waals surface area contributed by atoms with Crippen molar-refractivity contribution in [3.8, 4) is 0 Å². The number of hydrogen-bond acceptors (Lipinski definition) is 4. The van der Waals surface area contributed by atoms with E-state index in [1.165, 1.54) is 12.1 Å². The molecule has 4 aromatic rings. The molecule has 1 aliphatic carbocycles. The van der Waals surface area contributed by atoms with Crippen LogP contribution in [0.25, 0.3) is 10.8 Å². The van der Waals surface area contributed by atoms with Gasteiger partial charge < -0.3 is 10.6 Å². The monoisotopic (exact) mass is 442 g/mol. The summed E-state index contributed by atoms with van der Waals surface area (Å²) in [5.41, 5.74) is 1.80. The topological polar surface area (TPSA) is 84.0 Å². The van der Waals surface area contributed by atoms with Crippen LogP contribution in [0.5, 0.6) is 0 Å². The van der Waals surface area contributed by atoms with E-state index in [0.29, 0.717) is 6.54 Å². The van der Waals surface area contributed by atoms with Gasteiger partial charge >= 0.3 is 0 Å². The molecule has 1 aliphatic rings. The minimum Gasteiger partial charge on any atom is -0.348 e. The Hall–Kier alpha value is -4.13. The molecule has 0 atom stereocenters. The van der Waals surface area contributed by atoms with Gasteiger partial charge in [0.05, 0.1) is 5.56 Å². The molecule has 0 saturated heterocycles. The average molecular weight is 442 g/mol. The molecule has 0 radical (unpaired) electrons. The molecule has 1 saturated carbocycles. The van der Waals surface area contributed by atoms with E-state index in [9.17, 15) is 14.0 Å². The second kappa shape index (κ2) is 10.5. The number of hydrogen-bond donors (Lipinski definition) is 2. The highest BCUT2D eigenvalue weighted by molar-refractivity contribution is 5.96. The van der Waals surface area contributed by atoms with Crippen molar-refractivity contribution in [3.63, 3.8) is 0 Å². The highest BCUT2D eigenvalue weighted by atomic mass is 19.1. The van der Waals surface area contributed by atoms with Crippen LogP contribution in [0, 0.1) is 11.7 Å². The van der Waals surface area contributed by atoms with Gasteiger partial charge in [0.15, 0.2) is 0 Å². The fourth-order valence-corrected chi connectivity index (χ4v) is 3.18. The summed E-state index contributed by atoms with van der Waals surface area (Å²) in [4.78, 5) is 31.2. The van der Waals surface area contributed by atoms with Crippen molar-refractivity contribution in [3.05, 3.63) is 102 Å². The number of nitrogens with one attached hydrogen (secondary N) is 2. The zero-order chi connectivity index (χ0) is 23.0. The van der Waals surface area contributed by atoms with E-state index in [0.717, 1.165) is 34.9 Å². The Balaban J connectivity index is 0.000000157. The Labute approximate surface area is 190 Å². The maximum atomic E-state index is 13.3. The standard InChI is InChI=1S/C13H11FN2O.C13H12N2O/c14-12-6-2-1-5-11(12)13(17)16-9-10-4-3-7-15-8-10;16-13(9-1-2-9)15-12-4-3-11-8-14-6-5-10(11)7-12/h1-8H,9H2,(H,16,17);3-9H,1-2H2,(H,15,16). The van der Waals surface area contributed by atoms with Gasteiger partial charge in [0.2, 0.25) is 5.91 Å². The van der Waals surface area contributed by atoms with Crippen molar-refractivity contribution in [1.82, 2.24) is 15.3 Å². The van der Waals surface area contributed by atoms with Gasteiger partial charge in [-0.1, -0.05) is 24.3 Å². The Morgan fingerprint density at radius 3 is 2.48 bits per heavy atom. The number of pyridine rings is 2. The van der Waals surface area contributed by atoms with Crippen molar-refractivity contribution < 1.29 is 14.0 Å². The number of carbonyl (C=O) groups excluding carboxylic acids is 2. The van der Waals surface area contributed by atoms with Crippen LogP contribution >= 0.6 is 0 Å². The van der Waals surface area contributed by atoms with E-state index in [2.05, 4.69) is 20.6 Å². The summed E-state index contributed by atoms with van der Waals surface area (Å²) < 4.78 is 13.3. The average Bonchev–Trinajstić information content (AvgIpc) is 3.70. The Kier molecular flexibility index (Phi) is 6.99. The second-order valence-corrected chi connectivity index (χ2v) is 7.72. The number of benzene rings is 2. The molecule has 0 aliphatic heterocycles. The molecule has 166 valence electrons. The summed E-state index contributed by atoms with van der Waals surface area (Å²) in [7, 11) is 0. The fourth-order valence-electron chi connectivity index (χ4n) is 3.18. The Bertz CT molecular complexity index is 1260. The lowest BCUT2D eigenvalue weighted by atomic mass is 10.1. The van der Waals surface area contributed by atoms with Crippen LogP contribution in [0.15, 0.2) is 85.5 Å². The molecule has 0 bridgehead atoms. The second-order valence-electron chi connectivity index (χ2n) is 7.72. The lowest BCUT2D eigenvalue weighted by Crippen LogP contribution is -2.23. The fraction of sp³-hybridized carbons (Fsp3) is 0.154. The molecule has 7 heteroatoms. The molecule has 2 amide bonds. The number of halogens is 1. The Morgan fingerprint density at radius 1 is 0.909 bits per heavy atom. The van der Waals surface area contributed by atoms with Crippen LogP contribution < -0.4 is 10.6 Å². The molecule has 1 fully saturated rings. The van der Waals surface area contributed by atoms with E-state index in [1.807, 2.05) is 36.5 Å². The van der Waals surface area contributed by atoms with Gasteiger partial charge in [0.25, 0.3) is 5.91 Å². The smallest absolute Gasteiger partial charge is 0.254 e. The van der Waals surface area contributed by atoms with Crippen molar-refractivity contribution in [2.75, 3.05) is 5.32 Å². The molecule has 33 heavy (non-hydrogen) atoms. The highest BCUT2D eigenvalue weighted by Crippen LogP contribution is 2.30. The molecular weight excluding hydrogens is 419 g/mol. The predicted molar refractivity (Wildman–Crippen MR) is 125 cm³/mol. The summed E-state index contributed by atoms with van der Waals surface area (Å²) >= 11 is 0. The summed E-state index contributed by atoms with van der Waals surface area (Å²) in [6.45, 7) is 0.334. The van der Waals surface area contributed by atoms with Crippen molar-refractivity contribution in [2.24, 2.45) is 5.92 Å². The lowest BCUT2D eigenvalue weighted by molar-refractivity contribution is -0.117. The largest absolute Gasteiger partial charge is 0.348 e. The number of aromatic nitrogens is 2. The molecule has 2 N–H and O–H groups in total. The first-order valence-electron chi connectivity index (χ1n) is 10.7. The van der Waals surface area contributed by atoms with Crippen LogP contribution in [-0.4, -0.2) is 21.8 Å². The zero-order valence-corrected chi connectivity index (χ0v) is 17.9. The van der Waals surface area contributed by atoms with Crippen LogP contribution in [-0.2, 0) is 11.3 Å². The number of anilines is 1. The number of rotatable bonds is 5. The molecule has 5 rings (SSSR count). The molecule has 0 unspecified atom stereocenters. The molecule has 2 aromatic heterocycles. The van der Waals surface area contributed by atoms with Crippen molar-refractivity contribution in [2.45, 2.75) is 19.4 Å². The predicted octanol–water partition coefficient (Wildman–Crippen LogP) is 4.73. The quantitative estimate of drug-likeness (QED) is 0.468. The van der Waals surface area contributed by atoms with Crippen LogP contribution in [0.1, 0.15) is 28.8 Å². The minimum atomic E-state index is -0.517. The maximum absolute atomic E-state index is 13.3. The molecule has 6 nitrogen and oxygen atoms in total. The van der Waals surface area contributed by atoms with Crippen molar-refractivity contribution in [1.29, 1.82) is 0 Å². The third-order valence-corrected chi connectivity index (χ3v) is 5.15. The van der Waals surface area contributed by atoms with Crippen LogP contribution in [0.3, 0.4) is 0 Å². The Morgan fingerprint density at radius 2 is 1.73 bits per heavy atom. The summed E-state index contributed by atoms with van der Waals surface area (Å²) in [5.74, 6) is -0.551. The summed E-state index contributed by atoms with van der Waals surface area (Å²) in [5, 5.41) is 7.76. The minimum absolute atomic E-state index is 0.0522. The molecule has 0 spiro atoms. The highest BCUT2D eigenvalue weighted by Gasteiger charge is 2.29. The number of amides is 2. The van der Waals surface area contributed by atoms with E-state index in [-0.39, 0.29) is 17.4 Å². The first-order chi connectivity index (χ1) is 16.1. The molecule has 2 heterocycles. The van der Waals surface area contributed by atoms with Crippen molar-refractivity contribution >= 4 is 28.3 Å². The van der Waals surface area contributed by atoms with E-state index >= 15 is 0 Å². The van der Waals surface area contributed by atoms with Gasteiger partial charge in [-0.25, -0.2) is 4.39 Å². The normalized spacial score (nSPS) is 12.4. The van der Waals surface area contributed by atoms with Gasteiger partial charge in [-0.15, -0.1) is 0 Å². The van der Waals surface area contributed by atoms with E-state index in [4.69, 9.17) is 0 Å². The van der Waals surface area contributed by atoms with Gasteiger partial charge in [-0.2, -0.15) is 0 Å². The maximum Gasteiger partial charge on any atom is 0.254 e. The van der Waals surface area contributed by atoms with Crippen LogP contribution in [0.2, 0.25) is 0 Å². The number of nitrogens with zero attached hydrogens (tertiary/aromatic N) is 2. The summed E-state index contributed by atoms with van der Waals surface area (Å²) in [6, 6.07) is 17.3. The number of fused-ring (bicyclic) bond motifs is 1. The summed E-state index contributed by atoms with van der Waals surface area (Å²) in [6.07, 6.45) is 8.95. The SMILES string of the molecule is O=C(NCc1cccnc1)c1ccccc1F.O=C(Nc1ccc2cnccc2c1)C1CC1. The number of carbonyl (C=O) groups is 2. The van der Waals surface area contributed by atoms with Gasteiger partial charge in [-0.05, 0) is 60.2 Å². The molecule has 2 aromatic carbocycles.